The highest BCUT2D eigenvalue weighted by molar-refractivity contribution is 7.80. The van der Waals surface area contributed by atoms with E-state index >= 15 is 0 Å². The van der Waals surface area contributed by atoms with Crippen LogP contribution < -0.4 is 10.6 Å². The Bertz CT molecular complexity index is 665. The van der Waals surface area contributed by atoms with Crippen LogP contribution in [0.25, 0.3) is 0 Å². The number of amides is 2. The molecule has 1 fully saturated rings. The van der Waals surface area contributed by atoms with Crippen molar-refractivity contribution in [3.05, 3.63) is 35.6 Å². The molecule has 2 rings (SSSR count). The molecule has 7 nitrogen and oxygen atoms in total. The van der Waals surface area contributed by atoms with Crippen molar-refractivity contribution < 1.29 is 23.5 Å². The maximum atomic E-state index is 12.9. The van der Waals surface area contributed by atoms with E-state index in [0.29, 0.717) is 13.1 Å². The summed E-state index contributed by atoms with van der Waals surface area (Å²) in [5.74, 6) is -1.91. The Balaban J connectivity index is 2.07. The second kappa shape index (κ2) is 7.82. The van der Waals surface area contributed by atoms with Crippen molar-refractivity contribution in [2.45, 2.75) is 12.5 Å². The Morgan fingerprint density at radius 1 is 1.42 bits per heavy atom. The van der Waals surface area contributed by atoms with Gasteiger partial charge in [0.05, 0.1) is 13.5 Å². The molecular weight excluding hydrogens is 337 g/mol. The molecule has 128 valence electrons. The highest BCUT2D eigenvalue weighted by atomic mass is 32.1. The largest absolute Gasteiger partial charge is 0.469 e. The van der Waals surface area contributed by atoms with Gasteiger partial charge in [0.25, 0.3) is 5.91 Å². The molecule has 1 aliphatic heterocycles. The quantitative estimate of drug-likeness (QED) is 0.596. The lowest BCUT2D eigenvalue weighted by atomic mass is 10.1. The van der Waals surface area contributed by atoms with Crippen molar-refractivity contribution in [1.29, 1.82) is 0 Å². The number of nitrogens with zero attached hydrogens (tertiary/aromatic N) is 1. The highest BCUT2D eigenvalue weighted by Crippen LogP contribution is 2.11. The summed E-state index contributed by atoms with van der Waals surface area (Å²) in [6.45, 7) is 0.680. The van der Waals surface area contributed by atoms with E-state index in [9.17, 15) is 18.8 Å². The molecule has 1 atom stereocenters. The first-order chi connectivity index (χ1) is 11.4. The van der Waals surface area contributed by atoms with Gasteiger partial charge >= 0.3 is 5.97 Å². The lowest BCUT2D eigenvalue weighted by Gasteiger charge is -2.36. The zero-order chi connectivity index (χ0) is 17.7. The predicted octanol–water partition coefficient (Wildman–Crippen LogP) is 0.204. The lowest BCUT2D eigenvalue weighted by Crippen LogP contribution is -2.60. The van der Waals surface area contributed by atoms with Crippen LogP contribution in [0.1, 0.15) is 16.8 Å². The summed E-state index contributed by atoms with van der Waals surface area (Å²) in [6.07, 6.45) is -0.186. The first kappa shape index (κ1) is 17.8. The van der Waals surface area contributed by atoms with Crippen LogP contribution in [0.2, 0.25) is 0 Å². The standard InChI is InChI=1S/C15H16FN3O4S/c1-23-12(20)8-11-14(22)17-6-7-19(11)15(24)18-13(21)9-2-4-10(16)5-3-9/h2-5,11H,6-8H2,1H3,(H,17,22)(H,18,21,24). The molecule has 0 aliphatic carbocycles. The van der Waals surface area contributed by atoms with Crippen molar-refractivity contribution in [3.63, 3.8) is 0 Å². The molecule has 2 N–H and O–H groups in total. The predicted molar refractivity (Wildman–Crippen MR) is 86.6 cm³/mol. The Morgan fingerprint density at radius 2 is 2.08 bits per heavy atom. The topological polar surface area (TPSA) is 87.7 Å². The normalized spacial score (nSPS) is 17.0. The van der Waals surface area contributed by atoms with E-state index in [2.05, 4.69) is 15.4 Å². The monoisotopic (exact) mass is 353 g/mol. The maximum Gasteiger partial charge on any atom is 0.308 e. The zero-order valence-corrected chi connectivity index (χ0v) is 13.7. The van der Waals surface area contributed by atoms with Gasteiger partial charge < -0.3 is 15.0 Å². The van der Waals surface area contributed by atoms with E-state index in [1.54, 1.807) is 0 Å². The van der Waals surface area contributed by atoms with Gasteiger partial charge in [-0.15, -0.1) is 0 Å². The molecule has 1 saturated heterocycles. The van der Waals surface area contributed by atoms with Gasteiger partial charge in [-0.1, -0.05) is 0 Å². The maximum absolute atomic E-state index is 12.9. The van der Waals surface area contributed by atoms with E-state index in [1.165, 1.54) is 24.1 Å². The molecule has 0 saturated carbocycles. The summed E-state index contributed by atoms with van der Waals surface area (Å²) in [6, 6.07) is 4.11. The Morgan fingerprint density at radius 3 is 2.71 bits per heavy atom. The summed E-state index contributed by atoms with van der Waals surface area (Å²) in [7, 11) is 1.22. The molecule has 2 amide bonds. The van der Waals surface area contributed by atoms with E-state index in [1.807, 2.05) is 0 Å². The van der Waals surface area contributed by atoms with Crippen LogP contribution in [0, 0.1) is 5.82 Å². The number of piperazine rings is 1. The molecule has 0 spiro atoms. The van der Waals surface area contributed by atoms with Crippen molar-refractivity contribution in [2.75, 3.05) is 20.2 Å². The number of ether oxygens (including phenoxy) is 1. The fourth-order valence-corrected chi connectivity index (χ4v) is 2.56. The lowest BCUT2D eigenvalue weighted by molar-refractivity contribution is -0.144. The third-order valence-electron chi connectivity index (χ3n) is 3.51. The van der Waals surface area contributed by atoms with Gasteiger partial charge in [-0.3, -0.25) is 19.7 Å². The average molecular weight is 353 g/mol. The summed E-state index contributed by atoms with van der Waals surface area (Å²) in [4.78, 5) is 37.1. The third kappa shape index (κ3) is 4.25. The molecule has 24 heavy (non-hydrogen) atoms. The number of benzene rings is 1. The minimum Gasteiger partial charge on any atom is -0.469 e. The molecule has 0 aromatic heterocycles. The molecule has 0 bridgehead atoms. The van der Waals surface area contributed by atoms with Crippen molar-refractivity contribution in [3.8, 4) is 0 Å². The van der Waals surface area contributed by atoms with E-state index in [0.717, 1.165) is 12.1 Å². The number of carbonyl (C=O) groups excluding carboxylic acids is 3. The number of halogens is 1. The van der Waals surface area contributed by atoms with Crippen LogP contribution in [-0.2, 0) is 14.3 Å². The zero-order valence-electron chi connectivity index (χ0n) is 12.9. The van der Waals surface area contributed by atoms with Crippen molar-refractivity contribution >= 4 is 35.1 Å². The van der Waals surface area contributed by atoms with Gasteiger partial charge in [0.1, 0.15) is 11.9 Å². The van der Waals surface area contributed by atoms with E-state index in [4.69, 9.17) is 12.2 Å². The van der Waals surface area contributed by atoms with E-state index < -0.39 is 23.7 Å². The fourth-order valence-electron chi connectivity index (χ4n) is 2.24. The molecule has 1 heterocycles. The SMILES string of the molecule is COC(=O)CC1C(=O)NCCN1C(=S)NC(=O)c1ccc(F)cc1. The van der Waals surface area contributed by atoms with Crippen LogP contribution in [0.5, 0.6) is 0 Å². The molecule has 1 aliphatic rings. The minimum absolute atomic E-state index is 0.0214. The van der Waals surface area contributed by atoms with Gasteiger partial charge in [-0.05, 0) is 36.5 Å². The number of esters is 1. The molecule has 9 heteroatoms. The van der Waals surface area contributed by atoms with Crippen molar-refractivity contribution in [1.82, 2.24) is 15.5 Å². The van der Waals surface area contributed by atoms with Gasteiger partial charge in [0, 0.05) is 18.7 Å². The first-order valence-electron chi connectivity index (χ1n) is 7.14. The number of thiocarbonyl (C=S) groups is 1. The van der Waals surface area contributed by atoms with Crippen LogP contribution in [0.4, 0.5) is 4.39 Å². The van der Waals surface area contributed by atoms with Crippen molar-refractivity contribution in [2.24, 2.45) is 0 Å². The number of methoxy groups -OCH3 is 1. The van der Waals surface area contributed by atoms with E-state index in [-0.39, 0.29) is 23.0 Å². The van der Waals surface area contributed by atoms with Crippen LogP contribution in [0.3, 0.4) is 0 Å². The third-order valence-corrected chi connectivity index (χ3v) is 3.84. The smallest absolute Gasteiger partial charge is 0.308 e. The minimum atomic E-state index is -0.854. The highest BCUT2D eigenvalue weighted by Gasteiger charge is 2.34. The Hall–Kier alpha value is -2.55. The summed E-state index contributed by atoms with van der Waals surface area (Å²) in [5, 5.41) is 5.15. The van der Waals surface area contributed by atoms with Crippen LogP contribution >= 0.6 is 12.2 Å². The first-order valence-corrected chi connectivity index (χ1v) is 7.55. The van der Waals surface area contributed by atoms with Crippen LogP contribution in [-0.4, -0.2) is 54.0 Å². The Kier molecular flexibility index (Phi) is 5.80. The molecule has 1 aromatic carbocycles. The summed E-state index contributed by atoms with van der Waals surface area (Å²) >= 11 is 5.18. The average Bonchev–Trinajstić information content (AvgIpc) is 2.56. The second-order valence-electron chi connectivity index (χ2n) is 5.05. The van der Waals surface area contributed by atoms with Gasteiger partial charge in [0.2, 0.25) is 5.91 Å². The number of hydrogen-bond donors (Lipinski definition) is 2. The fraction of sp³-hybridized carbons (Fsp3) is 0.333. The molecule has 1 aromatic rings. The van der Waals surface area contributed by atoms with Gasteiger partial charge in [-0.25, -0.2) is 4.39 Å². The molecule has 0 radical (unpaired) electrons. The molecule has 1 unspecified atom stereocenters. The second-order valence-corrected chi connectivity index (χ2v) is 5.43. The summed E-state index contributed by atoms with van der Waals surface area (Å²) in [5.41, 5.74) is 0.227. The number of hydrogen-bond acceptors (Lipinski definition) is 5. The summed E-state index contributed by atoms with van der Waals surface area (Å²) < 4.78 is 17.5. The molecular formula is C15H16FN3O4S. The van der Waals surface area contributed by atoms with Gasteiger partial charge in [-0.2, -0.15) is 0 Å². The van der Waals surface area contributed by atoms with Crippen LogP contribution in [0.15, 0.2) is 24.3 Å². The Labute approximate surface area is 143 Å². The number of rotatable bonds is 3. The number of carbonyl (C=O) groups is 3. The van der Waals surface area contributed by atoms with Gasteiger partial charge in [0.15, 0.2) is 5.11 Å². The number of nitrogens with one attached hydrogen (secondary N) is 2.